The lowest BCUT2D eigenvalue weighted by Gasteiger charge is -2.27. The maximum absolute atomic E-state index is 5.96. The van der Waals surface area contributed by atoms with Crippen molar-refractivity contribution in [3.63, 3.8) is 0 Å². The highest BCUT2D eigenvalue weighted by Crippen LogP contribution is 2.19. The van der Waals surface area contributed by atoms with Gasteiger partial charge >= 0.3 is 0 Å². The van der Waals surface area contributed by atoms with Gasteiger partial charge in [0.1, 0.15) is 0 Å². The van der Waals surface area contributed by atoms with E-state index in [-0.39, 0.29) is 24.0 Å². The van der Waals surface area contributed by atoms with E-state index in [1.807, 2.05) is 17.0 Å². The number of morpholine rings is 1. The zero-order valence-electron chi connectivity index (χ0n) is 13.0. The summed E-state index contributed by atoms with van der Waals surface area (Å²) in [6.45, 7) is 3.41. The number of ether oxygens (including phenoxy) is 1. The first-order valence-electron chi connectivity index (χ1n) is 7.43. The highest BCUT2D eigenvalue weighted by Gasteiger charge is 2.12. The Balaban J connectivity index is 0.00000208. The fourth-order valence-electron chi connectivity index (χ4n) is 2.26. The first-order valence-corrected chi connectivity index (χ1v) is 7.81. The number of aromatic nitrogens is 2. The number of hydrogen-bond donors (Lipinski definition) is 1. The van der Waals surface area contributed by atoms with Crippen LogP contribution in [0, 0.1) is 0 Å². The van der Waals surface area contributed by atoms with Crippen LogP contribution in [0.4, 0.5) is 0 Å². The molecule has 1 saturated heterocycles. The number of aliphatic imine (C=N–C) groups is 1. The van der Waals surface area contributed by atoms with Gasteiger partial charge in [0.05, 0.1) is 19.8 Å². The summed E-state index contributed by atoms with van der Waals surface area (Å²) in [7, 11) is 0. The lowest BCUT2D eigenvalue weighted by molar-refractivity contribution is 0.0674. The maximum atomic E-state index is 5.96. The third-order valence-electron chi connectivity index (χ3n) is 3.49. The number of nitrogens with two attached hydrogens (primary N) is 1. The zero-order valence-corrected chi connectivity index (χ0v) is 16.1. The SMILES string of the molecule is I.NC(=NCCc1nc(-c2cccc(Cl)c2)no1)N1CCOCC1. The van der Waals surface area contributed by atoms with Gasteiger partial charge in [0.15, 0.2) is 5.96 Å². The van der Waals surface area contributed by atoms with Gasteiger partial charge in [-0.3, -0.25) is 4.99 Å². The first kappa shape index (κ1) is 18.9. The molecular weight excluding hydrogens is 445 g/mol. The Morgan fingerprint density at radius 2 is 2.12 bits per heavy atom. The van der Waals surface area contributed by atoms with Gasteiger partial charge in [-0.2, -0.15) is 4.98 Å². The molecule has 2 N–H and O–H groups in total. The standard InChI is InChI=1S/C15H18ClN5O2.HI/c16-12-3-1-2-11(10-12)14-19-13(23-20-14)4-5-18-15(17)21-6-8-22-9-7-21;/h1-3,10H,4-9H2,(H2,17,18);1H. The summed E-state index contributed by atoms with van der Waals surface area (Å²) in [5.74, 6) is 1.58. The highest BCUT2D eigenvalue weighted by atomic mass is 127. The van der Waals surface area contributed by atoms with E-state index in [4.69, 9.17) is 26.6 Å². The second-order valence-corrected chi connectivity index (χ2v) is 5.55. The minimum absolute atomic E-state index is 0. The summed E-state index contributed by atoms with van der Waals surface area (Å²) < 4.78 is 10.5. The van der Waals surface area contributed by atoms with Crippen molar-refractivity contribution in [3.8, 4) is 11.4 Å². The molecule has 1 aliphatic rings. The summed E-state index contributed by atoms with van der Waals surface area (Å²) in [6, 6.07) is 7.33. The Morgan fingerprint density at radius 3 is 2.88 bits per heavy atom. The summed E-state index contributed by atoms with van der Waals surface area (Å²) in [6.07, 6.45) is 0.540. The van der Waals surface area contributed by atoms with Crippen molar-refractivity contribution in [2.45, 2.75) is 6.42 Å². The van der Waals surface area contributed by atoms with Crippen LogP contribution < -0.4 is 5.73 Å². The molecule has 1 fully saturated rings. The van der Waals surface area contributed by atoms with E-state index in [0.29, 0.717) is 48.9 Å². The smallest absolute Gasteiger partial charge is 0.228 e. The molecule has 1 aromatic heterocycles. The maximum Gasteiger partial charge on any atom is 0.228 e. The van der Waals surface area contributed by atoms with E-state index in [1.54, 1.807) is 12.1 Å². The van der Waals surface area contributed by atoms with Gasteiger partial charge in [0.25, 0.3) is 0 Å². The van der Waals surface area contributed by atoms with Crippen LogP contribution in [-0.2, 0) is 11.2 Å². The van der Waals surface area contributed by atoms with Crippen LogP contribution in [0.25, 0.3) is 11.4 Å². The summed E-state index contributed by atoms with van der Waals surface area (Å²) in [5.41, 5.74) is 6.79. The van der Waals surface area contributed by atoms with Crippen LogP contribution in [0.3, 0.4) is 0 Å². The van der Waals surface area contributed by atoms with E-state index in [9.17, 15) is 0 Å². The summed E-state index contributed by atoms with van der Waals surface area (Å²) in [5, 5.41) is 4.60. The molecule has 7 nitrogen and oxygen atoms in total. The van der Waals surface area contributed by atoms with Gasteiger partial charge in [-0.25, -0.2) is 0 Å². The van der Waals surface area contributed by atoms with Crippen LogP contribution in [-0.4, -0.2) is 53.8 Å². The van der Waals surface area contributed by atoms with Crippen LogP contribution in [0.15, 0.2) is 33.8 Å². The molecule has 0 amide bonds. The van der Waals surface area contributed by atoms with Gasteiger partial charge in [0, 0.05) is 30.1 Å². The fourth-order valence-corrected chi connectivity index (χ4v) is 2.45. The van der Waals surface area contributed by atoms with E-state index in [0.717, 1.165) is 18.7 Å². The third kappa shape index (κ3) is 5.05. The van der Waals surface area contributed by atoms with Crippen molar-refractivity contribution >= 4 is 41.5 Å². The molecule has 2 aromatic rings. The van der Waals surface area contributed by atoms with Gasteiger partial charge in [-0.1, -0.05) is 28.9 Å². The molecule has 2 heterocycles. The van der Waals surface area contributed by atoms with Gasteiger partial charge in [-0.05, 0) is 12.1 Å². The van der Waals surface area contributed by atoms with Crippen LogP contribution >= 0.6 is 35.6 Å². The van der Waals surface area contributed by atoms with Crippen molar-refractivity contribution in [3.05, 3.63) is 35.2 Å². The first-order chi connectivity index (χ1) is 11.2. The molecule has 0 aliphatic carbocycles. The van der Waals surface area contributed by atoms with Gasteiger partial charge < -0.3 is 19.9 Å². The fraction of sp³-hybridized carbons (Fsp3) is 0.400. The number of nitrogens with zero attached hydrogens (tertiary/aromatic N) is 4. The predicted molar refractivity (Wildman–Crippen MR) is 103 cm³/mol. The van der Waals surface area contributed by atoms with Gasteiger partial charge in [0.2, 0.25) is 11.7 Å². The van der Waals surface area contributed by atoms with E-state index in [1.165, 1.54) is 0 Å². The predicted octanol–water partition coefficient (Wildman–Crippen LogP) is 2.20. The summed E-state index contributed by atoms with van der Waals surface area (Å²) >= 11 is 5.96. The molecule has 24 heavy (non-hydrogen) atoms. The number of rotatable bonds is 4. The number of hydrogen-bond acceptors (Lipinski definition) is 5. The van der Waals surface area contributed by atoms with E-state index >= 15 is 0 Å². The minimum atomic E-state index is 0. The van der Waals surface area contributed by atoms with Crippen LogP contribution in [0.5, 0.6) is 0 Å². The van der Waals surface area contributed by atoms with Crippen LogP contribution in [0.1, 0.15) is 5.89 Å². The lowest BCUT2D eigenvalue weighted by atomic mass is 10.2. The van der Waals surface area contributed by atoms with Crippen molar-refractivity contribution < 1.29 is 9.26 Å². The molecular formula is C15H19ClIN5O2. The lowest BCUT2D eigenvalue weighted by Crippen LogP contribution is -2.44. The average molecular weight is 464 g/mol. The van der Waals surface area contributed by atoms with Crippen molar-refractivity contribution in [2.24, 2.45) is 10.7 Å². The van der Waals surface area contributed by atoms with Crippen molar-refractivity contribution in [2.75, 3.05) is 32.8 Å². The molecule has 0 atom stereocenters. The Bertz CT molecular complexity index is 688. The Kier molecular flexibility index (Phi) is 7.25. The Labute approximate surface area is 162 Å². The Hall–Kier alpha value is -1.39. The van der Waals surface area contributed by atoms with E-state index in [2.05, 4.69) is 15.1 Å². The zero-order chi connectivity index (χ0) is 16.1. The molecule has 0 spiro atoms. The second kappa shape index (κ2) is 9.19. The molecule has 0 unspecified atom stereocenters. The Morgan fingerprint density at radius 1 is 1.33 bits per heavy atom. The molecule has 3 rings (SSSR count). The number of guanidine groups is 1. The quantitative estimate of drug-likeness (QED) is 0.425. The molecule has 0 radical (unpaired) electrons. The number of halogens is 2. The topological polar surface area (TPSA) is 89.8 Å². The normalized spacial score (nSPS) is 15.2. The molecule has 130 valence electrons. The molecule has 1 aromatic carbocycles. The van der Waals surface area contributed by atoms with E-state index < -0.39 is 0 Å². The van der Waals surface area contributed by atoms with Crippen molar-refractivity contribution in [1.29, 1.82) is 0 Å². The van der Waals surface area contributed by atoms with Crippen molar-refractivity contribution in [1.82, 2.24) is 15.0 Å². The third-order valence-corrected chi connectivity index (χ3v) is 3.72. The molecule has 1 aliphatic heterocycles. The summed E-state index contributed by atoms with van der Waals surface area (Å²) in [4.78, 5) is 10.7. The molecule has 0 saturated carbocycles. The second-order valence-electron chi connectivity index (χ2n) is 5.11. The number of benzene rings is 1. The van der Waals surface area contributed by atoms with Gasteiger partial charge in [-0.15, -0.1) is 24.0 Å². The largest absolute Gasteiger partial charge is 0.378 e. The monoisotopic (exact) mass is 463 g/mol. The molecule has 9 heteroatoms. The highest BCUT2D eigenvalue weighted by molar-refractivity contribution is 14.0. The van der Waals surface area contributed by atoms with Crippen LogP contribution in [0.2, 0.25) is 5.02 Å². The minimum Gasteiger partial charge on any atom is -0.378 e. The molecule has 0 bridgehead atoms. The average Bonchev–Trinajstić information content (AvgIpc) is 3.04.